The van der Waals surface area contributed by atoms with Crippen LogP contribution in [0.25, 0.3) is 0 Å². The van der Waals surface area contributed by atoms with Gasteiger partial charge in [0.25, 0.3) is 0 Å². The third-order valence-corrected chi connectivity index (χ3v) is 12.8. The van der Waals surface area contributed by atoms with Gasteiger partial charge in [-0.3, -0.25) is 4.79 Å². The second kappa shape index (κ2) is 8.22. The predicted octanol–water partition coefficient (Wildman–Crippen LogP) is 7.58. The number of carbonyl (C=O) groups excluding carboxylic acids is 1. The minimum Gasteiger partial charge on any atom is -0.372 e. The Kier molecular flexibility index (Phi) is 5.93. The van der Waals surface area contributed by atoms with Gasteiger partial charge in [0.1, 0.15) is 10.1 Å². The molecule has 4 saturated carbocycles. The molecule has 0 bridgehead atoms. The minimum atomic E-state index is -0.566. The van der Waals surface area contributed by atoms with Crippen molar-refractivity contribution in [2.75, 3.05) is 0 Å². The zero-order valence-electron chi connectivity index (χ0n) is 20.4. The van der Waals surface area contributed by atoms with Crippen molar-refractivity contribution in [1.29, 1.82) is 0 Å². The maximum atomic E-state index is 13.2. The number of Topliss-reactive ketones (excluding diaryl/α,β-unsaturated/α-hetero) is 1. The molecular weight excluding hydrogens is 460 g/mol. The van der Waals surface area contributed by atoms with Crippen LogP contribution in [0.2, 0.25) is 0 Å². The molecule has 4 aliphatic rings. The van der Waals surface area contributed by atoms with E-state index < -0.39 is 4.32 Å². The van der Waals surface area contributed by atoms with Gasteiger partial charge in [0.2, 0.25) is 0 Å². The molecule has 1 aromatic rings. The zero-order chi connectivity index (χ0) is 22.7. The predicted molar refractivity (Wildman–Crippen MR) is 134 cm³/mol. The molecule has 4 fully saturated rings. The SMILES string of the molecule is CC(=O)[C@@]1(Br)[C@@H](OCc2ccccc2)CC2C3CCC4C[C@@H](C)CC[C@]4(C)C3CC[C@@]21C. The van der Waals surface area contributed by atoms with Gasteiger partial charge in [-0.25, -0.2) is 0 Å². The number of hydrogen-bond acceptors (Lipinski definition) is 2. The lowest BCUT2D eigenvalue weighted by Gasteiger charge is -2.61. The Labute approximate surface area is 203 Å². The van der Waals surface area contributed by atoms with Gasteiger partial charge >= 0.3 is 0 Å². The Morgan fingerprint density at radius 3 is 2.50 bits per heavy atom. The summed E-state index contributed by atoms with van der Waals surface area (Å²) in [5, 5.41) is 0. The van der Waals surface area contributed by atoms with Crippen LogP contribution < -0.4 is 0 Å². The van der Waals surface area contributed by atoms with Gasteiger partial charge in [-0.15, -0.1) is 0 Å². The molecule has 0 radical (unpaired) electrons. The van der Waals surface area contributed by atoms with Gasteiger partial charge in [-0.1, -0.05) is 73.5 Å². The molecule has 1 aromatic carbocycles. The lowest BCUT2D eigenvalue weighted by atomic mass is 9.44. The second-order valence-corrected chi connectivity index (χ2v) is 13.5. The summed E-state index contributed by atoms with van der Waals surface area (Å²) in [4.78, 5) is 13.2. The van der Waals surface area contributed by atoms with Crippen molar-refractivity contribution in [3.05, 3.63) is 35.9 Å². The molecule has 176 valence electrons. The highest BCUT2D eigenvalue weighted by molar-refractivity contribution is 9.10. The van der Waals surface area contributed by atoms with Crippen molar-refractivity contribution in [3.63, 3.8) is 0 Å². The number of carbonyl (C=O) groups is 1. The highest BCUT2D eigenvalue weighted by atomic mass is 79.9. The number of benzene rings is 1. The Hall–Kier alpha value is -0.670. The summed E-state index contributed by atoms with van der Waals surface area (Å²) in [6, 6.07) is 10.4. The molecule has 0 amide bonds. The van der Waals surface area contributed by atoms with Crippen molar-refractivity contribution in [2.45, 2.75) is 96.1 Å². The fraction of sp³-hybridized carbons (Fsp3) is 0.759. The van der Waals surface area contributed by atoms with Crippen LogP contribution in [0.5, 0.6) is 0 Å². The maximum Gasteiger partial charge on any atom is 0.149 e. The first kappa shape index (κ1) is 23.1. The molecule has 3 heteroatoms. The molecule has 4 unspecified atom stereocenters. The minimum absolute atomic E-state index is 0.0213. The molecule has 4 aliphatic carbocycles. The molecule has 0 N–H and O–H groups in total. The van der Waals surface area contributed by atoms with E-state index in [9.17, 15) is 4.79 Å². The molecule has 0 aromatic heterocycles. The first-order valence-electron chi connectivity index (χ1n) is 13.1. The number of hydrogen-bond donors (Lipinski definition) is 0. The first-order valence-corrected chi connectivity index (χ1v) is 13.8. The summed E-state index contributed by atoms with van der Waals surface area (Å²) < 4.78 is 6.01. The summed E-state index contributed by atoms with van der Waals surface area (Å²) in [6.45, 7) is 9.87. The van der Waals surface area contributed by atoms with E-state index in [1.807, 2.05) is 6.07 Å². The summed E-state index contributed by atoms with van der Waals surface area (Å²) in [5.41, 5.74) is 1.67. The highest BCUT2D eigenvalue weighted by Crippen LogP contribution is 2.70. The fourth-order valence-corrected chi connectivity index (χ4v) is 9.83. The molecule has 0 heterocycles. The van der Waals surface area contributed by atoms with Crippen LogP contribution in [0.1, 0.15) is 84.6 Å². The Morgan fingerprint density at radius 2 is 1.78 bits per heavy atom. The highest BCUT2D eigenvalue weighted by Gasteiger charge is 2.69. The van der Waals surface area contributed by atoms with Gasteiger partial charge in [0.15, 0.2) is 0 Å². The molecular formula is C29H41BrO2. The largest absolute Gasteiger partial charge is 0.372 e. The number of halogens is 1. The van der Waals surface area contributed by atoms with E-state index in [-0.39, 0.29) is 17.3 Å². The van der Waals surface area contributed by atoms with Crippen LogP contribution >= 0.6 is 15.9 Å². The lowest BCUT2D eigenvalue weighted by molar-refractivity contribution is -0.133. The van der Waals surface area contributed by atoms with E-state index >= 15 is 0 Å². The van der Waals surface area contributed by atoms with Crippen molar-refractivity contribution in [3.8, 4) is 0 Å². The van der Waals surface area contributed by atoms with E-state index in [0.29, 0.717) is 17.9 Å². The Balaban J connectivity index is 1.43. The molecule has 0 aliphatic heterocycles. The number of fused-ring (bicyclic) bond motifs is 5. The van der Waals surface area contributed by atoms with Crippen LogP contribution in [0, 0.1) is 40.4 Å². The number of ether oxygens (including phenoxy) is 1. The van der Waals surface area contributed by atoms with Gasteiger partial charge in [-0.2, -0.15) is 0 Å². The quantitative estimate of drug-likeness (QED) is 0.398. The van der Waals surface area contributed by atoms with Gasteiger partial charge in [0, 0.05) is 0 Å². The van der Waals surface area contributed by atoms with Crippen molar-refractivity contribution in [1.82, 2.24) is 0 Å². The van der Waals surface area contributed by atoms with E-state index in [4.69, 9.17) is 4.74 Å². The van der Waals surface area contributed by atoms with Gasteiger partial charge in [-0.05, 0) is 97.9 Å². The molecule has 9 atom stereocenters. The second-order valence-electron chi connectivity index (χ2n) is 12.3. The monoisotopic (exact) mass is 500 g/mol. The molecule has 5 rings (SSSR count). The summed E-state index contributed by atoms with van der Waals surface area (Å²) in [5.74, 6) is 4.19. The van der Waals surface area contributed by atoms with Crippen molar-refractivity contribution < 1.29 is 9.53 Å². The van der Waals surface area contributed by atoms with E-state index in [1.54, 1.807) is 6.92 Å². The number of rotatable bonds is 4. The van der Waals surface area contributed by atoms with Gasteiger partial charge in [0.05, 0.1) is 12.7 Å². The van der Waals surface area contributed by atoms with Gasteiger partial charge < -0.3 is 4.74 Å². The Bertz CT molecular complexity index is 854. The lowest BCUT2D eigenvalue weighted by Crippen LogP contribution is -2.58. The third kappa shape index (κ3) is 3.31. The van der Waals surface area contributed by atoms with E-state index in [2.05, 4.69) is 61.0 Å². The summed E-state index contributed by atoms with van der Waals surface area (Å²) in [6.07, 6.45) is 10.4. The zero-order valence-corrected chi connectivity index (χ0v) is 22.0. The first-order chi connectivity index (χ1) is 15.2. The third-order valence-electron chi connectivity index (χ3n) is 10.9. The number of ketones is 1. The van der Waals surface area contributed by atoms with Crippen LogP contribution in [-0.4, -0.2) is 16.2 Å². The summed E-state index contributed by atoms with van der Waals surface area (Å²) >= 11 is 4.08. The topological polar surface area (TPSA) is 26.3 Å². The van der Waals surface area contributed by atoms with Crippen LogP contribution in [0.15, 0.2) is 30.3 Å². The normalized spacial score (nSPS) is 47.9. The van der Waals surface area contributed by atoms with Crippen molar-refractivity contribution >= 4 is 21.7 Å². The van der Waals surface area contributed by atoms with Crippen LogP contribution in [-0.2, 0) is 16.1 Å². The average molecular weight is 502 g/mol. The molecule has 0 spiro atoms. The number of alkyl halides is 1. The standard InChI is InChI=1S/C29H41BrO2/c1-19-12-14-27(3)22(16-19)10-11-23-24(27)13-15-28(4)25(23)17-26(29(28,30)20(2)31)32-18-21-8-6-5-7-9-21/h5-9,19,22-26H,10-18H2,1-4H3/t19-,22?,23?,24?,25?,26-,27-,28-,29+/m0/s1. The van der Waals surface area contributed by atoms with Crippen LogP contribution in [0.3, 0.4) is 0 Å². The molecule has 32 heavy (non-hydrogen) atoms. The fourth-order valence-electron chi connectivity index (χ4n) is 9.02. The van der Waals surface area contributed by atoms with Crippen molar-refractivity contribution in [2.24, 2.45) is 40.4 Å². The maximum absolute atomic E-state index is 13.2. The van der Waals surface area contributed by atoms with E-state index in [0.717, 1.165) is 36.5 Å². The molecule has 0 saturated heterocycles. The average Bonchev–Trinajstić information content (AvgIpc) is 3.01. The summed E-state index contributed by atoms with van der Waals surface area (Å²) in [7, 11) is 0. The smallest absolute Gasteiger partial charge is 0.149 e. The Morgan fingerprint density at radius 1 is 1.03 bits per heavy atom. The van der Waals surface area contributed by atoms with Crippen LogP contribution in [0.4, 0.5) is 0 Å². The molecule has 2 nitrogen and oxygen atoms in total. The van der Waals surface area contributed by atoms with E-state index in [1.165, 1.54) is 44.1 Å².